The average Bonchev–Trinajstić information content (AvgIpc) is 3.52. The van der Waals surface area contributed by atoms with E-state index in [1.807, 2.05) is 0 Å². The Balaban J connectivity index is 1.36. The Hall–Kier alpha value is -3.48. The number of hydrazine groups is 1. The molecule has 6 rings (SSSR count). The second kappa shape index (κ2) is 10.6. The first-order valence-electron chi connectivity index (χ1n) is 12.0. The summed E-state index contributed by atoms with van der Waals surface area (Å²) in [5, 5.41) is 6.60. The molecule has 4 aromatic carbocycles. The number of hydrogen-bond acceptors (Lipinski definition) is 6. The van der Waals surface area contributed by atoms with Crippen molar-refractivity contribution < 1.29 is 0 Å². The molecule has 0 saturated heterocycles. The molecule has 0 aliphatic carbocycles. The molecule has 6 heteroatoms. The quantitative estimate of drug-likeness (QED) is 0.271. The van der Waals surface area contributed by atoms with Gasteiger partial charge in [0.1, 0.15) is 0 Å². The standard InChI is InChI=1S/C30H26N4S2/c1-5-13-23(14-6-1)21-35-29-31-27(25-17-9-3-10-18-25)34-30(36-22-24-15-7-2-8-16-24)32-28(33(29)34)26-19-11-4-12-20-26/h1-20,27-28H,21-22H2/t27-,28+. The lowest BCUT2D eigenvalue weighted by molar-refractivity contribution is 0.105. The molecule has 0 fully saturated rings. The van der Waals surface area contributed by atoms with Crippen molar-refractivity contribution in [3.05, 3.63) is 144 Å². The Kier molecular flexibility index (Phi) is 6.79. The fraction of sp³-hybridized carbons (Fsp3) is 0.133. The zero-order valence-electron chi connectivity index (χ0n) is 19.7. The van der Waals surface area contributed by atoms with E-state index in [-0.39, 0.29) is 12.3 Å². The molecule has 2 heterocycles. The van der Waals surface area contributed by atoms with Crippen LogP contribution in [0.15, 0.2) is 131 Å². The van der Waals surface area contributed by atoms with Crippen LogP contribution in [0.1, 0.15) is 34.6 Å². The fourth-order valence-corrected chi connectivity index (χ4v) is 6.36. The lowest BCUT2D eigenvalue weighted by Crippen LogP contribution is -2.40. The maximum absolute atomic E-state index is 5.28. The van der Waals surface area contributed by atoms with Crippen LogP contribution >= 0.6 is 23.5 Å². The molecule has 0 amide bonds. The van der Waals surface area contributed by atoms with Gasteiger partial charge in [0.15, 0.2) is 22.7 Å². The summed E-state index contributed by atoms with van der Waals surface area (Å²) < 4.78 is 0. The van der Waals surface area contributed by atoms with Gasteiger partial charge in [-0.2, -0.15) is 0 Å². The van der Waals surface area contributed by atoms with Gasteiger partial charge in [-0.25, -0.2) is 20.0 Å². The number of benzene rings is 4. The second-order valence-corrected chi connectivity index (χ2v) is 10.5. The number of hydrogen-bond donors (Lipinski definition) is 0. The predicted molar refractivity (Wildman–Crippen MR) is 152 cm³/mol. The van der Waals surface area contributed by atoms with Crippen molar-refractivity contribution in [3.63, 3.8) is 0 Å². The van der Waals surface area contributed by atoms with E-state index < -0.39 is 0 Å². The smallest absolute Gasteiger partial charge is 0.183 e. The summed E-state index contributed by atoms with van der Waals surface area (Å²) in [5.41, 5.74) is 4.91. The summed E-state index contributed by atoms with van der Waals surface area (Å²) in [6.45, 7) is 0. The van der Waals surface area contributed by atoms with E-state index in [0.717, 1.165) is 21.8 Å². The van der Waals surface area contributed by atoms with Crippen LogP contribution < -0.4 is 0 Å². The van der Waals surface area contributed by atoms with E-state index in [2.05, 4.69) is 131 Å². The van der Waals surface area contributed by atoms with Gasteiger partial charge < -0.3 is 0 Å². The predicted octanol–water partition coefficient (Wildman–Crippen LogP) is 7.51. The van der Waals surface area contributed by atoms with Crippen molar-refractivity contribution in [2.24, 2.45) is 9.98 Å². The second-order valence-electron chi connectivity index (χ2n) is 8.63. The Morgan fingerprint density at radius 3 is 1.17 bits per heavy atom. The molecule has 4 aromatic rings. The third kappa shape index (κ3) is 4.79. The van der Waals surface area contributed by atoms with Gasteiger partial charge in [-0.1, -0.05) is 145 Å². The first-order chi connectivity index (χ1) is 17.9. The normalized spacial score (nSPS) is 18.7. The van der Waals surface area contributed by atoms with Gasteiger partial charge in [-0.15, -0.1) is 0 Å². The molecule has 0 saturated carbocycles. The average molecular weight is 507 g/mol. The minimum absolute atomic E-state index is 0.139. The molecule has 2 aliphatic heterocycles. The SMILES string of the molecule is c1ccc(CSC2=N[C@@H](c3ccccc3)N3C(SCc4ccccc4)=N[C@H](c4ccccc4)N23)cc1. The lowest BCUT2D eigenvalue weighted by atomic mass is 10.2. The molecule has 0 spiro atoms. The molecule has 0 radical (unpaired) electrons. The zero-order valence-corrected chi connectivity index (χ0v) is 21.4. The molecule has 0 bridgehead atoms. The number of thioether (sulfide) groups is 2. The van der Waals surface area contributed by atoms with E-state index >= 15 is 0 Å². The topological polar surface area (TPSA) is 31.2 Å². The zero-order chi connectivity index (χ0) is 24.2. The molecule has 0 aromatic heterocycles. The molecule has 2 aliphatic rings. The highest BCUT2D eigenvalue weighted by Crippen LogP contribution is 2.46. The Morgan fingerprint density at radius 2 is 0.806 bits per heavy atom. The first kappa shape index (κ1) is 23.0. The summed E-state index contributed by atoms with van der Waals surface area (Å²) in [6.07, 6.45) is -0.277. The molecule has 0 unspecified atom stereocenters. The van der Waals surface area contributed by atoms with Gasteiger partial charge >= 0.3 is 0 Å². The highest BCUT2D eigenvalue weighted by Gasteiger charge is 2.46. The third-order valence-corrected chi connectivity index (χ3v) is 8.23. The van der Waals surface area contributed by atoms with Gasteiger partial charge in [0.25, 0.3) is 0 Å². The van der Waals surface area contributed by atoms with E-state index in [4.69, 9.17) is 9.98 Å². The first-order valence-corrected chi connectivity index (χ1v) is 14.0. The number of nitrogens with zero attached hydrogens (tertiary/aromatic N) is 4. The lowest BCUT2D eigenvalue weighted by Gasteiger charge is -2.31. The molecule has 36 heavy (non-hydrogen) atoms. The summed E-state index contributed by atoms with van der Waals surface area (Å²) >= 11 is 3.56. The Labute approximate surface area is 220 Å². The van der Waals surface area contributed by atoms with Crippen LogP contribution in [0.2, 0.25) is 0 Å². The van der Waals surface area contributed by atoms with E-state index in [9.17, 15) is 0 Å². The third-order valence-electron chi connectivity index (χ3n) is 6.17. The summed E-state index contributed by atoms with van der Waals surface area (Å²) in [7, 11) is 0. The molecule has 2 atom stereocenters. The van der Waals surface area contributed by atoms with Crippen LogP contribution in [0.5, 0.6) is 0 Å². The van der Waals surface area contributed by atoms with Crippen molar-refractivity contribution in [1.29, 1.82) is 0 Å². The van der Waals surface area contributed by atoms with Crippen LogP contribution in [-0.4, -0.2) is 20.4 Å². The van der Waals surface area contributed by atoms with Crippen molar-refractivity contribution >= 4 is 33.9 Å². The summed E-state index contributed by atoms with van der Waals surface area (Å²) in [4.78, 5) is 10.6. The van der Waals surface area contributed by atoms with E-state index in [0.29, 0.717) is 0 Å². The van der Waals surface area contributed by atoms with Gasteiger partial charge in [-0.3, -0.25) is 0 Å². The maximum atomic E-state index is 5.28. The van der Waals surface area contributed by atoms with Crippen LogP contribution in [-0.2, 0) is 11.5 Å². The molecule has 0 N–H and O–H groups in total. The van der Waals surface area contributed by atoms with Gasteiger partial charge in [0, 0.05) is 11.5 Å². The number of aliphatic imine (C=N–C) groups is 2. The number of rotatable bonds is 6. The Bertz CT molecular complexity index is 1240. The van der Waals surface area contributed by atoms with Gasteiger partial charge in [-0.05, 0) is 22.3 Å². The minimum atomic E-state index is -0.139. The van der Waals surface area contributed by atoms with Crippen LogP contribution in [0.3, 0.4) is 0 Å². The Morgan fingerprint density at radius 1 is 0.472 bits per heavy atom. The number of fused-ring (bicyclic) bond motifs is 1. The molecule has 178 valence electrons. The molecule has 4 nitrogen and oxygen atoms in total. The van der Waals surface area contributed by atoms with Gasteiger partial charge in [0.2, 0.25) is 0 Å². The van der Waals surface area contributed by atoms with E-state index in [1.54, 1.807) is 23.5 Å². The van der Waals surface area contributed by atoms with Crippen molar-refractivity contribution in [3.8, 4) is 0 Å². The summed E-state index contributed by atoms with van der Waals surface area (Å²) in [5.74, 6) is 1.72. The summed E-state index contributed by atoms with van der Waals surface area (Å²) in [6, 6.07) is 42.3. The van der Waals surface area contributed by atoms with Gasteiger partial charge in [0.05, 0.1) is 0 Å². The van der Waals surface area contributed by atoms with E-state index in [1.165, 1.54) is 22.3 Å². The van der Waals surface area contributed by atoms with Crippen molar-refractivity contribution in [1.82, 2.24) is 10.0 Å². The van der Waals surface area contributed by atoms with Crippen LogP contribution in [0.4, 0.5) is 0 Å². The minimum Gasteiger partial charge on any atom is -0.229 e. The van der Waals surface area contributed by atoms with Crippen molar-refractivity contribution in [2.75, 3.05) is 0 Å². The largest absolute Gasteiger partial charge is 0.229 e. The maximum Gasteiger partial charge on any atom is 0.183 e. The monoisotopic (exact) mass is 506 g/mol. The fourth-order valence-electron chi connectivity index (χ4n) is 4.40. The van der Waals surface area contributed by atoms with Crippen molar-refractivity contribution in [2.45, 2.75) is 23.8 Å². The highest BCUT2D eigenvalue weighted by atomic mass is 32.2. The molecular formula is C30H26N4S2. The highest BCUT2D eigenvalue weighted by molar-refractivity contribution is 8.13. The molecular weight excluding hydrogens is 480 g/mol. The van der Waals surface area contributed by atoms with Crippen LogP contribution in [0.25, 0.3) is 0 Å². The van der Waals surface area contributed by atoms with Crippen LogP contribution in [0, 0.1) is 0 Å². The number of amidine groups is 2.